The Morgan fingerprint density at radius 2 is 1.17 bits per heavy atom. The number of carbonyl (C=O) groups excluding carboxylic acids is 1. The van der Waals surface area contributed by atoms with Gasteiger partial charge in [0, 0.05) is 6.54 Å². The predicted octanol–water partition coefficient (Wildman–Crippen LogP) is 6.91. The van der Waals surface area contributed by atoms with Crippen LogP contribution >= 0.6 is 7.82 Å². The number of rotatable bonds is 31. The van der Waals surface area contributed by atoms with Gasteiger partial charge in [-0.15, -0.1) is 0 Å². The number of hydrogen-bond acceptors (Lipinski definition) is 7. The van der Waals surface area contributed by atoms with Crippen molar-refractivity contribution in [2.45, 2.75) is 173 Å². The van der Waals surface area contributed by atoms with E-state index >= 15 is 0 Å². The zero-order valence-corrected chi connectivity index (χ0v) is 27.3. The number of aliphatic hydroxyl groups is 2. The Bertz CT molecular complexity index is 642. The fraction of sp³-hybridized carbons (Fsp3) is 0.968. The standard InChI is InChI=1S/C31H65N2O7P/c1-3-5-7-9-11-13-15-17-19-21-23-30(35)29(27-40-41(37,38)39-25-24-32)33-31(36)26-28(34)22-20-18-16-14-12-10-8-6-4-2/h28-30,34-35H,3-27,32H2,1-2H3,(H,33,36)(H,37,38). The van der Waals surface area contributed by atoms with Gasteiger partial charge in [-0.3, -0.25) is 13.8 Å². The zero-order valence-electron chi connectivity index (χ0n) is 26.4. The Balaban J connectivity index is 4.47. The Hall–Kier alpha value is -0.540. The van der Waals surface area contributed by atoms with Crippen LogP contribution in [-0.2, 0) is 18.4 Å². The minimum absolute atomic E-state index is 0.0618. The molecular formula is C31H65N2O7P. The van der Waals surface area contributed by atoms with Crippen molar-refractivity contribution in [2.24, 2.45) is 5.73 Å². The molecule has 0 fully saturated rings. The van der Waals surface area contributed by atoms with Gasteiger partial charge in [0.15, 0.2) is 0 Å². The van der Waals surface area contributed by atoms with E-state index in [1.165, 1.54) is 83.5 Å². The van der Waals surface area contributed by atoms with E-state index in [9.17, 15) is 24.5 Å². The monoisotopic (exact) mass is 608 g/mol. The maximum absolute atomic E-state index is 12.7. The first-order valence-corrected chi connectivity index (χ1v) is 18.2. The van der Waals surface area contributed by atoms with Gasteiger partial charge < -0.3 is 26.2 Å². The number of nitrogens with one attached hydrogen (secondary N) is 1. The number of nitrogens with two attached hydrogens (primary N) is 1. The van der Waals surface area contributed by atoms with Crippen molar-refractivity contribution in [2.75, 3.05) is 19.8 Å². The van der Waals surface area contributed by atoms with Crippen molar-refractivity contribution in [3.8, 4) is 0 Å². The molecule has 9 nitrogen and oxygen atoms in total. The third kappa shape index (κ3) is 26.8. The van der Waals surface area contributed by atoms with Gasteiger partial charge in [0.05, 0.1) is 37.9 Å². The van der Waals surface area contributed by atoms with Gasteiger partial charge in [0.2, 0.25) is 5.91 Å². The molecule has 246 valence electrons. The van der Waals surface area contributed by atoms with Crippen LogP contribution < -0.4 is 11.1 Å². The van der Waals surface area contributed by atoms with Crippen molar-refractivity contribution in [1.29, 1.82) is 0 Å². The van der Waals surface area contributed by atoms with E-state index in [-0.39, 0.29) is 26.2 Å². The minimum atomic E-state index is -4.35. The van der Waals surface area contributed by atoms with Gasteiger partial charge in [-0.25, -0.2) is 4.57 Å². The zero-order chi connectivity index (χ0) is 30.6. The van der Waals surface area contributed by atoms with Crippen LogP contribution in [0.4, 0.5) is 0 Å². The summed E-state index contributed by atoms with van der Waals surface area (Å²) in [4.78, 5) is 22.5. The number of carbonyl (C=O) groups is 1. The lowest BCUT2D eigenvalue weighted by Gasteiger charge is -2.25. The molecule has 0 aliphatic heterocycles. The SMILES string of the molecule is CCCCCCCCCCCCC(O)C(COP(=O)(O)OCCN)NC(=O)CC(O)CCCCCCCCCCC. The molecule has 0 radical (unpaired) electrons. The summed E-state index contributed by atoms with van der Waals surface area (Å²) in [5.41, 5.74) is 5.32. The maximum atomic E-state index is 12.7. The lowest BCUT2D eigenvalue weighted by atomic mass is 10.0. The summed E-state index contributed by atoms with van der Waals surface area (Å²) in [7, 11) is -4.35. The second-order valence-corrected chi connectivity index (χ2v) is 13.0. The van der Waals surface area contributed by atoms with Gasteiger partial charge in [-0.1, -0.05) is 136 Å². The lowest BCUT2D eigenvalue weighted by Crippen LogP contribution is -2.47. The highest BCUT2D eigenvalue weighted by Gasteiger charge is 2.28. The molecule has 0 aliphatic carbocycles. The van der Waals surface area contributed by atoms with Gasteiger partial charge in [-0.2, -0.15) is 0 Å². The maximum Gasteiger partial charge on any atom is 0.472 e. The third-order valence-electron chi connectivity index (χ3n) is 7.52. The first-order valence-electron chi connectivity index (χ1n) is 16.7. The summed E-state index contributed by atoms with van der Waals surface area (Å²) in [5, 5.41) is 23.9. The summed E-state index contributed by atoms with van der Waals surface area (Å²) < 4.78 is 21.9. The van der Waals surface area contributed by atoms with Crippen molar-refractivity contribution < 1.29 is 33.5 Å². The molecule has 0 aromatic heterocycles. The average Bonchev–Trinajstić information content (AvgIpc) is 2.94. The van der Waals surface area contributed by atoms with Crippen molar-refractivity contribution in [3.05, 3.63) is 0 Å². The quantitative estimate of drug-likeness (QED) is 0.0421. The van der Waals surface area contributed by atoms with Gasteiger partial charge in [-0.05, 0) is 12.8 Å². The number of hydrogen-bond donors (Lipinski definition) is 5. The highest BCUT2D eigenvalue weighted by molar-refractivity contribution is 7.47. The Morgan fingerprint density at radius 1 is 0.732 bits per heavy atom. The molecule has 6 N–H and O–H groups in total. The highest BCUT2D eigenvalue weighted by Crippen LogP contribution is 2.43. The molecule has 4 unspecified atom stereocenters. The molecule has 0 aromatic rings. The van der Waals surface area contributed by atoms with Crippen LogP contribution in [0.2, 0.25) is 0 Å². The molecule has 4 atom stereocenters. The Kier molecular flexibility index (Phi) is 27.9. The number of unbranched alkanes of at least 4 members (excludes halogenated alkanes) is 17. The number of phosphoric ester groups is 1. The van der Waals surface area contributed by atoms with Crippen LogP contribution in [0.3, 0.4) is 0 Å². The van der Waals surface area contributed by atoms with Crippen LogP contribution in [0.5, 0.6) is 0 Å². The second-order valence-electron chi connectivity index (χ2n) is 11.6. The smallest absolute Gasteiger partial charge is 0.393 e. The molecule has 0 rings (SSSR count). The van der Waals surface area contributed by atoms with Gasteiger partial charge in [0.1, 0.15) is 0 Å². The summed E-state index contributed by atoms with van der Waals surface area (Å²) in [6, 6.07) is -0.886. The summed E-state index contributed by atoms with van der Waals surface area (Å²) in [5.74, 6) is -0.417. The fourth-order valence-corrected chi connectivity index (χ4v) is 5.70. The predicted molar refractivity (Wildman–Crippen MR) is 168 cm³/mol. The van der Waals surface area contributed by atoms with Crippen LogP contribution in [0.15, 0.2) is 0 Å². The highest BCUT2D eigenvalue weighted by atomic mass is 31.2. The first kappa shape index (κ1) is 40.5. The molecule has 10 heteroatoms. The van der Waals surface area contributed by atoms with E-state index in [1.54, 1.807) is 0 Å². The van der Waals surface area contributed by atoms with Gasteiger partial charge >= 0.3 is 7.82 Å². The normalized spacial score (nSPS) is 15.4. The van der Waals surface area contributed by atoms with Crippen LogP contribution in [0.1, 0.15) is 155 Å². The molecule has 41 heavy (non-hydrogen) atoms. The second kappa shape index (κ2) is 28.2. The van der Waals surface area contributed by atoms with E-state index < -0.39 is 32.0 Å². The van der Waals surface area contributed by atoms with E-state index in [0.717, 1.165) is 38.5 Å². The topological polar surface area (TPSA) is 151 Å². The molecule has 0 saturated carbocycles. The van der Waals surface area contributed by atoms with Crippen molar-refractivity contribution >= 4 is 13.7 Å². The first-order chi connectivity index (χ1) is 19.8. The summed E-state index contributed by atoms with van der Waals surface area (Å²) >= 11 is 0. The fourth-order valence-electron chi connectivity index (χ4n) is 4.94. The summed E-state index contributed by atoms with van der Waals surface area (Å²) in [6.07, 6.45) is 21.6. The molecule has 1 amide bonds. The van der Waals surface area contributed by atoms with Crippen LogP contribution in [0, 0.1) is 0 Å². The molecule has 0 heterocycles. The van der Waals surface area contributed by atoms with Crippen molar-refractivity contribution in [3.63, 3.8) is 0 Å². The molecule has 0 aromatic carbocycles. The van der Waals surface area contributed by atoms with Crippen LogP contribution in [-0.4, -0.2) is 59.0 Å². The van der Waals surface area contributed by atoms with E-state index in [4.69, 9.17) is 14.8 Å². The van der Waals surface area contributed by atoms with E-state index in [1.807, 2.05) is 0 Å². The minimum Gasteiger partial charge on any atom is -0.393 e. The molecule has 0 aliphatic rings. The number of phosphoric acid groups is 1. The molecule has 0 saturated heterocycles. The average molecular weight is 609 g/mol. The Morgan fingerprint density at radius 3 is 1.63 bits per heavy atom. The number of aliphatic hydroxyl groups excluding tert-OH is 2. The summed E-state index contributed by atoms with van der Waals surface area (Å²) in [6.45, 7) is 3.98. The van der Waals surface area contributed by atoms with Crippen molar-refractivity contribution in [1.82, 2.24) is 5.32 Å². The molecule has 0 spiro atoms. The Labute approximate surface area is 251 Å². The van der Waals surface area contributed by atoms with Crippen LogP contribution in [0.25, 0.3) is 0 Å². The largest absolute Gasteiger partial charge is 0.472 e. The van der Waals surface area contributed by atoms with E-state index in [0.29, 0.717) is 12.8 Å². The lowest BCUT2D eigenvalue weighted by molar-refractivity contribution is -0.125. The number of amides is 1. The third-order valence-corrected chi connectivity index (χ3v) is 8.50. The van der Waals surface area contributed by atoms with E-state index in [2.05, 4.69) is 19.2 Å². The molecular weight excluding hydrogens is 543 g/mol. The van der Waals surface area contributed by atoms with Gasteiger partial charge in [0.25, 0.3) is 0 Å². The molecule has 0 bridgehead atoms.